The number of benzene rings is 3. The molecule has 3 aromatic carbocycles. The molecule has 4 aromatic rings. The molecule has 3 heterocycles. The van der Waals surface area contributed by atoms with E-state index in [0.717, 1.165) is 63.4 Å². The number of methoxy groups -OCH3 is 2. The molecular weight excluding hydrogens is 473 g/mol. The summed E-state index contributed by atoms with van der Waals surface area (Å²) in [5.74, 6) is 3.00. The van der Waals surface area contributed by atoms with E-state index >= 15 is 0 Å². The van der Waals surface area contributed by atoms with Crippen molar-refractivity contribution in [2.45, 2.75) is 19.4 Å². The van der Waals surface area contributed by atoms with Crippen molar-refractivity contribution in [2.75, 3.05) is 21.0 Å². The summed E-state index contributed by atoms with van der Waals surface area (Å²) in [7, 11) is 3.33. The molecule has 0 amide bonds. The van der Waals surface area contributed by atoms with E-state index in [-0.39, 0.29) is 6.79 Å². The van der Waals surface area contributed by atoms with Crippen LogP contribution in [-0.4, -0.2) is 21.0 Å². The summed E-state index contributed by atoms with van der Waals surface area (Å²) in [5, 5.41) is 3.34. The second-order valence-corrected chi connectivity index (χ2v) is 9.28. The number of nitrogens with zero attached hydrogens (tertiary/aromatic N) is 1. The lowest BCUT2D eigenvalue weighted by atomic mass is 9.88. The van der Waals surface area contributed by atoms with E-state index < -0.39 is 0 Å². The quantitative estimate of drug-likeness (QED) is 0.326. The van der Waals surface area contributed by atoms with Crippen molar-refractivity contribution in [2.24, 2.45) is 0 Å². The van der Waals surface area contributed by atoms with Gasteiger partial charge in [-0.15, -0.1) is 0 Å². The fourth-order valence-corrected chi connectivity index (χ4v) is 5.52. The summed E-state index contributed by atoms with van der Waals surface area (Å²) in [6.45, 7) is 1.08. The van der Waals surface area contributed by atoms with Crippen LogP contribution in [0, 0.1) is 0 Å². The molecule has 0 N–H and O–H groups in total. The zero-order chi connectivity index (χ0) is 23.4. The largest absolute Gasteiger partial charge is 0.493 e. The van der Waals surface area contributed by atoms with Crippen LogP contribution in [-0.2, 0) is 19.4 Å². The van der Waals surface area contributed by atoms with Gasteiger partial charge >= 0.3 is 0 Å². The summed E-state index contributed by atoms with van der Waals surface area (Å²) < 4.78 is 25.0. The lowest BCUT2D eigenvalue weighted by Gasteiger charge is -2.21. The number of ether oxygens (including phenoxy) is 4. The van der Waals surface area contributed by atoms with Gasteiger partial charge in [-0.25, -0.2) is 0 Å². The van der Waals surface area contributed by atoms with Crippen LogP contribution >= 0.6 is 23.2 Å². The lowest BCUT2D eigenvalue weighted by molar-refractivity contribution is -0.686. The van der Waals surface area contributed by atoms with Crippen LogP contribution in [0.5, 0.6) is 23.0 Å². The average Bonchev–Trinajstić information content (AvgIpc) is 3.30. The van der Waals surface area contributed by atoms with Crippen molar-refractivity contribution >= 4 is 34.0 Å². The molecule has 6 rings (SSSR count). The summed E-state index contributed by atoms with van der Waals surface area (Å²) in [6.07, 6.45) is 3.68. The van der Waals surface area contributed by atoms with Crippen LogP contribution in [0.1, 0.15) is 16.7 Å². The molecule has 172 valence electrons. The fourth-order valence-electron chi connectivity index (χ4n) is 5.04. The van der Waals surface area contributed by atoms with Crippen molar-refractivity contribution in [3.8, 4) is 34.3 Å². The Morgan fingerprint density at radius 2 is 1.76 bits per heavy atom. The Labute approximate surface area is 207 Å². The Hall–Kier alpha value is -3.15. The van der Waals surface area contributed by atoms with Gasteiger partial charge in [0.15, 0.2) is 35.7 Å². The van der Waals surface area contributed by atoms with E-state index in [0.29, 0.717) is 22.2 Å². The molecule has 0 spiro atoms. The number of halogens is 2. The van der Waals surface area contributed by atoms with Gasteiger partial charge in [-0.3, -0.25) is 0 Å². The molecule has 0 aliphatic carbocycles. The second kappa shape index (κ2) is 8.26. The minimum Gasteiger partial charge on any atom is -0.493 e. The summed E-state index contributed by atoms with van der Waals surface area (Å²) in [6, 6.07) is 13.9. The Balaban J connectivity index is 1.66. The number of aryl methyl sites for hydroxylation is 2. The Kier molecular flexibility index (Phi) is 5.19. The Bertz CT molecular complexity index is 1470. The SMILES string of the molecule is COc1ccc2c(Cc3ccc(Cl)cc3Cl)c3[n+](cc2c1OC)CCc1cc2c(cc1-3)OCO2. The second-order valence-electron chi connectivity index (χ2n) is 8.44. The van der Waals surface area contributed by atoms with Crippen LogP contribution in [0.15, 0.2) is 48.7 Å². The van der Waals surface area contributed by atoms with Crippen molar-refractivity contribution in [3.63, 3.8) is 0 Å². The van der Waals surface area contributed by atoms with E-state index in [4.69, 9.17) is 42.1 Å². The molecular formula is C27H22Cl2NO4+. The van der Waals surface area contributed by atoms with Crippen LogP contribution in [0.3, 0.4) is 0 Å². The maximum atomic E-state index is 6.62. The van der Waals surface area contributed by atoms with Gasteiger partial charge in [0.25, 0.3) is 0 Å². The molecule has 0 fully saturated rings. The summed E-state index contributed by atoms with van der Waals surface area (Å²) in [5.41, 5.74) is 5.69. The zero-order valence-electron chi connectivity index (χ0n) is 18.8. The lowest BCUT2D eigenvalue weighted by Crippen LogP contribution is -2.41. The molecule has 0 atom stereocenters. The van der Waals surface area contributed by atoms with E-state index in [2.05, 4.69) is 29.0 Å². The molecule has 0 saturated carbocycles. The van der Waals surface area contributed by atoms with Crippen LogP contribution in [0.4, 0.5) is 0 Å². The highest BCUT2D eigenvalue weighted by molar-refractivity contribution is 6.35. The van der Waals surface area contributed by atoms with Crippen molar-refractivity contribution < 1.29 is 23.5 Å². The fraction of sp³-hybridized carbons (Fsp3) is 0.222. The van der Waals surface area contributed by atoms with Gasteiger partial charge in [0.2, 0.25) is 12.5 Å². The molecule has 0 radical (unpaired) electrons. The maximum Gasteiger partial charge on any atom is 0.231 e. The molecule has 34 heavy (non-hydrogen) atoms. The standard InChI is InChI=1S/C27H22Cl2NO4/c1-31-23-6-5-18-20(9-16-3-4-17(28)11-22(16)29)26-19-12-25-24(33-14-34-25)10-15(19)7-8-30(26)13-21(18)27(23)32-2/h3-6,10-13H,7-9,14H2,1-2H3/q+1. The third-order valence-corrected chi connectivity index (χ3v) is 7.21. The van der Waals surface area contributed by atoms with Gasteiger partial charge in [-0.2, -0.15) is 4.57 Å². The molecule has 1 aromatic heterocycles. The smallest absolute Gasteiger partial charge is 0.231 e. The monoisotopic (exact) mass is 494 g/mol. The minimum absolute atomic E-state index is 0.250. The van der Waals surface area contributed by atoms with Crippen molar-refractivity contribution in [1.82, 2.24) is 0 Å². The normalized spacial score (nSPS) is 13.5. The van der Waals surface area contributed by atoms with Crippen LogP contribution in [0.25, 0.3) is 22.0 Å². The number of fused-ring (bicyclic) bond motifs is 5. The number of aromatic nitrogens is 1. The Morgan fingerprint density at radius 1 is 0.941 bits per heavy atom. The summed E-state index contributed by atoms with van der Waals surface area (Å²) in [4.78, 5) is 0. The first-order valence-electron chi connectivity index (χ1n) is 11.0. The molecule has 7 heteroatoms. The van der Waals surface area contributed by atoms with Crippen LogP contribution < -0.4 is 23.5 Å². The number of pyridine rings is 1. The van der Waals surface area contributed by atoms with Crippen molar-refractivity contribution in [1.29, 1.82) is 0 Å². The van der Waals surface area contributed by atoms with Crippen molar-refractivity contribution in [3.05, 3.63) is 75.4 Å². The van der Waals surface area contributed by atoms with E-state index in [1.807, 2.05) is 18.2 Å². The predicted octanol–water partition coefficient (Wildman–Crippen LogP) is 5.99. The highest BCUT2D eigenvalue weighted by Crippen LogP contribution is 2.44. The Morgan fingerprint density at radius 3 is 2.53 bits per heavy atom. The van der Waals surface area contributed by atoms with E-state index in [9.17, 15) is 0 Å². The first kappa shape index (κ1) is 21.4. The molecule has 5 nitrogen and oxygen atoms in total. The highest BCUT2D eigenvalue weighted by Gasteiger charge is 2.32. The topological polar surface area (TPSA) is 40.8 Å². The van der Waals surface area contributed by atoms with Gasteiger partial charge in [0.1, 0.15) is 0 Å². The molecule has 0 bridgehead atoms. The molecule has 0 unspecified atom stereocenters. The number of hydrogen-bond donors (Lipinski definition) is 0. The molecule has 0 saturated heterocycles. The third-order valence-electron chi connectivity index (χ3n) is 6.63. The third kappa shape index (κ3) is 3.34. The maximum absolute atomic E-state index is 6.62. The zero-order valence-corrected chi connectivity index (χ0v) is 20.3. The van der Waals surface area contributed by atoms with Crippen LogP contribution in [0.2, 0.25) is 10.0 Å². The summed E-state index contributed by atoms with van der Waals surface area (Å²) >= 11 is 12.8. The van der Waals surface area contributed by atoms with Gasteiger partial charge in [-0.05, 0) is 47.5 Å². The van der Waals surface area contributed by atoms with Gasteiger partial charge in [-0.1, -0.05) is 29.3 Å². The molecule has 2 aliphatic heterocycles. The number of hydrogen-bond acceptors (Lipinski definition) is 4. The van der Waals surface area contributed by atoms with Gasteiger partial charge in [0, 0.05) is 33.8 Å². The van der Waals surface area contributed by atoms with E-state index in [1.165, 1.54) is 5.56 Å². The minimum atomic E-state index is 0.250. The predicted molar refractivity (Wildman–Crippen MR) is 132 cm³/mol. The first-order valence-corrected chi connectivity index (χ1v) is 11.8. The van der Waals surface area contributed by atoms with Gasteiger partial charge in [0.05, 0.1) is 25.2 Å². The first-order chi connectivity index (χ1) is 16.6. The highest BCUT2D eigenvalue weighted by atomic mass is 35.5. The number of rotatable bonds is 4. The van der Waals surface area contributed by atoms with E-state index in [1.54, 1.807) is 20.3 Å². The average molecular weight is 495 g/mol. The van der Waals surface area contributed by atoms with Gasteiger partial charge < -0.3 is 18.9 Å². The molecule has 2 aliphatic rings.